The second-order valence-electron chi connectivity index (χ2n) is 4.98. The zero-order chi connectivity index (χ0) is 12.3. The van der Waals surface area contributed by atoms with Crippen molar-refractivity contribution in [1.29, 1.82) is 0 Å². The van der Waals surface area contributed by atoms with Crippen LogP contribution in [0.3, 0.4) is 0 Å². The van der Waals surface area contributed by atoms with Crippen LogP contribution < -0.4 is 10.2 Å². The first-order valence-electron chi connectivity index (χ1n) is 6.38. The van der Waals surface area contributed by atoms with Gasteiger partial charge in [-0.3, -0.25) is 0 Å². The quantitative estimate of drug-likeness (QED) is 0.838. The van der Waals surface area contributed by atoms with E-state index in [1.54, 1.807) is 12.1 Å². The SMILES string of the molecule is CNC1CCCC1CN(C)c1ccc(O)cc1. The van der Waals surface area contributed by atoms with Crippen molar-refractivity contribution in [3.05, 3.63) is 24.3 Å². The van der Waals surface area contributed by atoms with E-state index in [2.05, 4.69) is 24.3 Å². The Hall–Kier alpha value is -1.22. The van der Waals surface area contributed by atoms with E-state index in [-0.39, 0.29) is 0 Å². The first-order valence-corrected chi connectivity index (χ1v) is 6.38. The van der Waals surface area contributed by atoms with Crippen molar-refractivity contribution in [2.45, 2.75) is 25.3 Å². The Kier molecular flexibility index (Phi) is 3.89. The maximum Gasteiger partial charge on any atom is 0.115 e. The zero-order valence-electron chi connectivity index (χ0n) is 10.7. The number of phenolic OH excluding ortho intramolecular Hbond substituents is 1. The molecular weight excluding hydrogens is 212 g/mol. The second-order valence-corrected chi connectivity index (χ2v) is 4.98. The molecule has 1 aliphatic rings. The highest BCUT2D eigenvalue weighted by Gasteiger charge is 2.26. The summed E-state index contributed by atoms with van der Waals surface area (Å²) in [6.45, 7) is 1.08. The van der Waals surface area contributed by atoms with Crippen molar-refractivity contribution in [3.63, 3.8) is 0 Å². The summed E-state index contributed by atoms with van der Waals surface area (Å²) in [6.07, 6.45) is 3.94. The fourth-order valence-corrected chi connectivity index (χ4v) is 2.80. The van der Waals surface area contributed by atoms with Gasteiger partial charge in [-0.05, 0) is 50.1 Å². The summed E-state index contributed by atoms with van der Waals surface area (Å²) in [6, 6.07) is 8.10. The molecule has 0 aromatic heterocycles. The number of hydrogen-bond donors (Lipinski definition) is 2. The molecule has 0 amide bonds. The van der Waals surface area contributed by atoms with Gasteiger partial charge in [0.1, 0.15) is 5.75 Å². The summed E-state index contributed by atoms with van der Waals surface area (Å²) in [4.78, 5) is 2.28. The van der Waals surface area contributed by atoms with Crippen LogP contribution in [0.1, 0.15) is 19.3 Å². The van der Waals surface area contributed by atoms with Crippen molar-refractivity contribution in [1.82, 2.24) is 5.32 Å². The lowest BCUT2D eigenvalue weighted by Gasteiger charge is -2.27. The topological polar surface area (TPSA) is 35.5 Å². The maximum atomic E-state index is 9.27. The van der Waals surface area contributed by atoms with E-state index in [1.165, 1.54) is 24.9 Å². The van der Waals surface area contributed by atoms with Crippen LogP contribution in [0.25, 0.3) is 0 Å². The van der Waals surface area contributed by atoms with Gasteiger partial charge in [0.15, 0.2) is 0 Å². The zero-order valence-corrected chi connectivity index (χ0v) is 10.7. The number of hydrogen-bond acceptors (Lipinski definition) is 3. The molecule has 0 bridgehead atoms. The number of benzene rings is 1. The molecule has 1 saturated carbocycles. The first kappa shape index (κ1) is 12.2. The average molecular weight is 234 g/mol. The summed E-state index contributed by atoms with van der Waals surface area (Å²) in [5.41, 5.74) is 1.17. The normalized spacial score (nSPS) is 23.9. The van der Waals surface area contributed by atoms with E-state index in [0.717, 1.165) is 12.5 Å². The molecule has 2 rings (SSSR count). The minimum Gasteiger partial charge on any atom is -0.508 e. The molecular formula is C14H22N2O. The predicted molar refractivity (Wildman–Crippen MR) is 71.6 cm³/mol. The average Bonchev–Trinajstić information content (AvgIpc) is 2.77. The van der Waals surface area contributed by atoms with Crippen molar-refractivity contribution in [2.75, 3.05) is 25.5 Å². The fraction of sp³-hybridized carbons (Fsp3) is 0.571. The van der Waals surface area contributed by atoms with Crippen molar-refractivity contribution < 1.29 is 5.11 Å². The second kappa shape index (κ2) is 5.41. The van der Waals surface area contributed by atoms with Crippen molar-refractivity contribution in [2.24, 2.45) is 5.92 Å². The smallest absolute Gasteiger partial charge is 0.115 e. The maximum absolute atomic E-state index is 9.27. The lowest BCUT2D eigenvalue weighted by molar-refractivity contribution is 0.428. The Morgan fingerprint density at radius 2 is 2.00 bits per heavy atom. The molecule has 1 aromatic rings. The van der Waals surface area contributed by atoms with Crippen LogP contribution in [0, 0.1) is 5.92 Å². The Labute approximate surface area is 103 Å². The Morgan fingerprint density at radius 1 is 1.29 bits per heavy atom. The molecule has 1 aliphatic carbocycles. The van der Waals surface area contributed by atoms with Crippen LogP contribution in [-0.2, 0) is 0 Å². The Balaban J connectivity index is 1.96. The molecule has 0 aliphatic heterocycles. The van der Waals surface area contributed by atoms with Gasteiger partial charge in [-0.2, -0.15) is 0 Å². The van der Waals surface area contributed by atoms with Gasteiger partial charge in [-0.25, -0.2) is 0 Å². The lowest BCUT2D eigenvalue weighted by atomic mass is 10.0. The van der Waals surface area contributed by atoms with Crippen LogP contribution in [-0.4, -0.2) is 31.8 Å². The Bertz CT molecular complexity index is 350. The van der Waals surface area contributed by atoms with Gasteiger partial charge in [0.25, 0.3) is 0 Å². The first-order chi connectivity index (χ1) is 8.20. The van der Waals surface area contributed by atoms with Gasteiger partial charge in [0.2, 0.25) is 0 Å². The van der Waals surface area contributed by atoms with E-state index in [4.69, 9.17) is 0 Å². The molecule has 0 saturated heterocycles. The van der Waals surface area contributed by atoms with E-state index >= 15 is 0 Å². The summed E-state index contributed by atoms with van der Waals surface area (Å²) in [7, 11) is 4.18. The third-order valence-electron chi connectivity index (χ3n) is 3.83. The fourth-order valence-electron chi connectivity index (χ4n) is 2.80. The van der Waals surface area contributed by atoms with Crippen LogP contribution in [0.15, 0.2) is 24.3 Å². The summed E-state index contributed by atoms with van der Waals surface area (Å²) in [5, 5.41) is 12.7. The van der Waals surface area contributed by atoms with E-state index in [1.807, 2.05) is 12.1 Å². The number of anilines is 1. The molecule has 3 nitrogen and oxygen atoms in total. The minimum atomic E-state index is 0.330. The van der Waals surface area contributed by atoms with Crippen LogP contribution >= 0.6 is 0 Å². The Morgan fingerprint density at radius 3 is 2.65 bits per heavy atom. The predicted octanol–water partition coefficient (Wildman–Crippen LogP) is 2.22. The van der Waals surface area contributed by atoms with Gasteiger partial charge in [-0.15, -0.1) is 0 Å². The van der Waals surface area contributed by atoms with Crippen LogP contribution in [0.2, 0.25) is 0 Å². The molecule has 3 heteroatoms. The van der Waals surface area contributed by atoms with Crippen molar-refractivity contribution in [3.8, 4) is 5.75 Å². The number of rotatable bonds is 4. The van der Waals surface area contributed by atoms with Gasteiger partial charge < -0.3 is 15.3 Å². The number of phenols is 1. The summed E-state index contributed by atoms with van der Waals surface area (Å²) in [5.74, 6) is 1.06. The monoisotopic (exact) mass is 234 g/mol. The molecule has 0 heterocycles. The van der Waals surface area contributed by atoms with Crippen LogP contribution in [0.4, 0.5) is 5.69 Å². The molecule has 2 unspecified atom stereocenters. The van der Waals surface area contributed by atoms with E-state index in [0.29, 0.717) is 11.8 Å². The highest BCUT2D eigenvalue weighted by molar-refractivity contribution is 5.48. The molecule has 0 radical (unpaired) electrons. The largest absolute Gasteiger partial charge is 0.508 e. The number of aromatic hydroxyl groups is 1. The van der Waals surface area contributed by atoms with Crippen LogP contribution in [0.5, 0.6) is 5.75 Å². The number of nitrogens with zero attached hydrogens (tertiary/aromatic N) is 1. The molecule has 17 heavy (non-hydrogen) atoms. The molecule has 2 atom stereocenters. The lowest BCUT2D eigenvalue weighted by Crippen LogP contribution is -2.36. The molecule has 2 N–H and O–H groups in total. The van der Waals surface area contributed by atoms with Crippen molar-refractivity contribution >= 4 is 5.69 Å². The van der Waals surface area contributed by atoms with Gasteiger partial charge in [0, 0.05) is 25.3 Å². The standard InChI is InChI=1S/C14H22N2O/c1-15-14-5-3-4-11(14)10-16(2)12-6-8-13(17)9-7-12/h6-9,11,14-15,17H,3-5,10H2,1-2H3. The summed E-state index contributed by atoms with van der Waals surface area (Å²) < 4.78 is 0. The third-order valence-corrected chi connectivity index (χ3v) is 3.83. The van der Waals surface area contributed by atoms with Gasteiger partial charge in [-0.1, -0.05) is 6.42 Å². The highest BCUT2D eigenvalue weighted by Crippen LogP contribution is 2.27. The molecule has 1 fully saturated rings. The van der Waals surface area contributed by atoms with Gasteiger partial charge in [0.05, 0.1) is 0 Å². The van der Waals surface area contributed by atoms with Gasteiger partial charge >= 0.3 is 0 Å². The molecule has 94 valence electrons. The summed E-state index contributed by atoms with van der Waals surface area (Å²) >= 11 is 0. The third kappa shape index (κ3) is 2.91. The van der Waals surface area contributed by atoms with E-state index < -0.39 is 0 Å². The molecule has 0 spiro atoms. The van der Waals surface area contributed by atoms with E-state index in [9.17, 15) is 5.11 Å². The number of nitrogens with one attached hydrogen (secondary N) is 1. The molecule has 1 aromatic carbocycles. The minimum absolute atomic E-state index is 0.330. The highest BCUT2D eigenvalue weighted by atomic mass is 16.3.